The van der Waals surface area contributed by atoms with Gasteiger partial charge in [0.1, 0.15) is 0 Å². The van der Waals surface area contributed by atoms with E-state index in [4.69, 9.17) is 4.42 Å². The van der Waals surface area contributed by atoms with Crippen molar-refractivity contribution in [2.24, 2.45) is 0 Å². The standard InChI is InChI=1S/C13H17N3O2/c1-14-12(10-3-2-6-15-10)8-4-5-9-11(7-8)18-13(17)16-9/h4-5,7,10,12,14-15H,2-3,6H2,1H3,(H,16,17). The average Bonchev–Trinajstić information content (AvgIpc) is 2.97. The van der Waals surface area contributed by atoms with Crippen LogP contribution in [0.2, 0.25) is 0 Å². The molecule has 5 nitrogen and oxygen atoms in total. The lowest BCUT2D eigenvalue weighted by atomic mass is 9.98. The minimum Gasteiger partial charge on any atom is -0.408 e. The Kier molecular flexibility index (Phi) is 2.93. The molecule has 1 aliphatic rings. The summed E-state index contributed by atoms with van der Waals surface area (Å²) in [6, 6.07) is 6.56. The van der Waals surface area contributed by atoms with Gasteiger partial charge in [0.05, 0.1) is 5.52 Å². The van der Waals surface area contributed by atoms with E-state index in [2.05, 4.69) is 15.6 Å². The van der Waals surface area contributed by atoms with Gasteiger partial charge in [0.2, 0.25) is 0 Å². The Hall–Kier alpha value is -1.59. The Morgan fingerprint density at radius 1 is 1.50 bits per heavy atom. The summed E-state index contributed by atoms with van der Waals surface area (Å²) in [6.45, 7) is 1.07. The van der Waals surface area contributed by atoms with E-state index in [9.17, 15) is 4.79 Å². The molecule has 1 fully saturated rings. The first-order valence-electron chi connectivity index (χ1n) is 6.31. The quantitative estimate of drug-likeness (QED) is 0.760. The van der Waals surface area contributed by atoms with Crippen LogP contribution in [0.3, 0.4) is 0 Å². The molecule has 5 heteroatoms. The summed E-state index contributed by atoms with van der Waals surface area (Å²) in [5.41, 5.74) is 2.51. The number of rotatable bonds is 3. The molecule has 3 rings (SSSR count). The summed E-state index contributed by atoms with van der Waals surface area (Å²) >= 11 is 0. The third-order valence-electron chi connectivity index (χ3n) is 3.62. The van der Waals surface area contributed by atoms with Gasteiger partial charge in [-0.05, 0) is 44.1 Å². The van der Waals surface area contributed by atoms with E-state index in [0.717, 1.165) is 17.6 Å². The number of aromatic nitrogens is 1. The van der Waals surface area contributed by atoms with Gasteiger partial charge in [-0.15, -0.1) is 0 Å². The molecule has 2 aromatic rings. The van der Waals surface area contributed by atoms with Crippen molar-refractivity contribution in [1.82, 2.24) is 15.6 Å². The summed E-state index contributed by atoms with van der Waals surface area (Å²) in [4.78, 5) is 13.8. The van der Waals surface area contributed by atoms with Crippen molar-refractivity contribution in [1.29, 1.82) is 0 Å². The maximum Gasteiger partial charge on any atom is 0.417 e. The first-order chi connectivity index (χ1) is 8.78. The second-order valence-corrected chi connectivity index (χ2v) is 4.74. The minimum atomic E-state index is -0.401. The zero-order valence-corrected chi connectivity index (χ0v) is 10.3. The molecular formula is C13H17N3O2. The van der Waals surface area contributed by atoms with E-state index >= 15 is 0 Å². The van der Waals surface area contributed by atoms with Gasteiger partial charge in [-0.3, -0.25) is 4.98 Å². The lowest BCUT2D eigenvalue weighted by Crippen LogP contribution is -2.36. The molecule has 0 amide bonds. The third kappa shape index (κ3) is 1.95. The largest absolute Gasteiger partial charge is 0.417 e. The SMILES string of the molecule is CNC(c1ccc2[nH]c(=O)oc2c1)C1CCCN1. The number of hydrogen-bond donors (Lipinski definition) is 3. The molecule has 1 aromatic carbocycles. The van der Waals surface area contributed by atoms with Gasteiger partial charge >= 0.3 is 5.76 Å². The average molecular weight is 247 g/mol. The first kappa shape index (κ1) is 11.5. The lowest BCUT2D eigenvalue weighted by molar-refractivity contribution is 0.440. The Balaban J connectivity index is 1.98. The van der Waals surface area contributed by atoms with Gasteiger partial charge in [0, 0.05) is 12.1 Å². The monoisotopic (exact) mass is 247 g/mol. The fraction of sp³-hybridized carbons (Fsp3) is 0.462. The number of benzene rings is 1. The Labute approximate surface area is 105 Å². The van der Waals surface area contributed by atoms with Gasteiger partial charge in [-0.1, -0.05) is 6.07 Å². The molecule has 1 aliphatic heterocycles. The molecule has 0 radical (unpaired) electrons. The molecule has 1 aromatic heterocycles. The summed E-state index contributed by atoms with van der Waals surface area (Å²) in [5, 5.41) is 6.84. The van der Waals surface area contributed by atoms with Crippen LogP contribution in [0, 0.1) is 0 Å². The normalized spacial score (nSPS) is 21.5. The molecule has 18 heavy (non-hydrogen) atoms. The van der Waals surface area contributed by atoms with E-state index in [1.807, 2.05) is 25.2 Å². The van der Waals surface area contributed by atoms with Crippen LogP contribution in [-0.4, -0.2) is 24.6 Å². The lowest BCUT2D eigenvalue weighted by Gasteiger charge is -2.23. The Morgan fingerprint density at radius 2 is 2.39 bits per heavy atom. The van der Waals surface area contributed by atoms with Gasteiger partial charge in [-0.2, -0.15) is 0 Å². The zero-order valence-electron chi connectivity index (χ0n) is 10.3. The molecule has 2 atom stereocenters. The highest BCUT2D eigenvalue weighted by Gasteiger charge is 2.24. The smallest absolute Gasteiger partial charge is 0.408 e. The van der Waals surface area contributed by atoms with E-state index < -0.39 is 5.76 Å². The summed E-state index contributed by atoms with van der Waals surface area (Å²) < 4.78 is 5.11. The predicted molar refractivity (Wildman–Crippen MR) is 69.7 cm³/mol. The van der Waals surface area contributed by atoms with Gasteiger partial charge in [-0.25, -0.2) is 4.79 Å². The number of oxazole rings is 1. The number of aromatic amines is 1. The molecule has 3 N–H and O–H groups in total. The van der Waals surface area contributed by atoms with Crippen LogP contribution in [0.15, 0.2) is 27.4 Å². The van der Waals surface area contributed by atoms with Crippen LogP contribution < -0.4 is 16.4 Å². The summed E-state index contributed by atoms with van der Waals surface area (Å²) in [7, 11) is 1.96. The van der Waals surface area contributed by atoms with Crippen molar-refractivity contribution < 1.29 is 4.42 Å². The number of H-pyrrole nitrogens is 1. The van der Waals surface area contributed by atoms with E-state index in [-0.39, 0.29) is 6.04 Å². The van der Waals surface area contributed by atoms with Crippen molar-refractivity contribution >= 4 is 11.1 Å². The van der Waals surface area contributed by atoms with Gasteiger partial charge in [0.15, 0.2) is 5.58 Å². The molecule has 0 bridgehead atoms. The molecule has 2 heterocycles. The van der Waals surface area contributed by atoms with Crippen molar-refractivity contribution in [3.05, 3.63) is 34.3 Å². The fourth-order valence-corrected chi connectivity index (χ4v) is 2.75. The van der Waals surface area contributed by atoms with Crippen LogP contribution >= 0.6 is 0 Å². The molecule has 1 saturated heterocycles. The van der Waals surface area contributed by atoms with Gasteiger partial charge in [0.25, 0.3) is 0 Å². The minimum absolute atomic E-state index is 0.247. The molecule has 0 aliphatic carbocycles. The highest BCUT2D eigenvalue weighted by molar-refractivity contribution is 5.72. The van der Waals surface area contributed by atoms with Crippen LogP contribution in [0.25, 0.3) is 11.1 Å². The van der Waals surface area contributed by atoms with Crippen molar-refractivity contribution in [3.8, 4) is 0 Å². The number of fused-ring (bicyclic) bond motifs is 1. The van der Waals surface area contributed by atoms with Crippen molar-refractivity contribution in [3.63, 3.8) is 0 Å². The molecule has 0 spiro atoms. The van der Waals surface area contributed by atoms with Crippen molar-refractivity contribution in [2.45, 2.75) is 24.9 Å². The fourth-order valence-electron chi connectivity index (χ4n) is 2.75. The van der Waals surface area contributed by atoms with Crippen LogP contribution in [0.1, 0.15) is 24.4 Å². The maximum atomic E-state index is 11.1. The first-order valence-corrected chi connectivity index (χ1v) is 6.31. The van der Waals surface area contributed by atoms with Crippen LogP contribution in [-0.2, 0) is 0 Å². The molecule has 2 unspecified atom stereocenters. The highest BCUT2D eigenvalue weighted by atomic mass is 16.4. The highest BCUT2D eigenvalue weighted by Crippen LogP contribution is 2.25. The number of hydrogen-bond acceptors (Lipinski definition) is 4. The molecule has 96 valence electrons. The Morgan fingerprint density at radius 3 is 3.11 bits per heavy atom. The second-order valence-electron chi connectivity index (χ2n) is 4.74. The Bertz CT molecular complexity index is 596. The van der Waals surface area contributed by atoms with E-state index in [1.54, 1.807) is 0 Å². The summed E-state index contributed by atoms with van der Waals surface area (Å²) in [6.07, 6.45) is 2.38. The van der Waals surface area contributed by atoms with E-state index in [1.165, 1.54) is 12.8 Å². The van der Waals surface area contributed by atoms with Crippen LogP contribution in [0.4, 0.5) is 0 Å². The van der Waals surface area contributed by atoms with Gasteiger partial charge < -0.3 is 15.1 Å². The maximum absolute atomic E-state index is 11.1. The summed E-state index contributed by atoms with van der Waals surface area (Å²) in [5.74, 6) is -0.401. The van der Waals surface area contributed by atoms with Crippen molar-refractivity contribution in [2.75, 3.05) is 13.6 Å². The molecule has 0 saturated carbocycles. The van der Waals surface area contributed by atoms with E-state index in [0.29, 0.717) is 11.6 Å². The number of likely N-dealkylation sites (N-methyl/N-ethyl adjacent to an activating group) is 1. The second kappa shape index (κ2) is 4.59. The zero-order chi connectivity index (χ0) is 12.5. The number of nitrogens with one attached hydrogen (secondary N) is 3. The molecular weight excluding hydrogens is 230 g/mol. The topological polar surface area (TPSA) is 70.1 Å². The third-order valence-corrected chi connectivity index (χ3v) is 3.62. The van der Waals surface area contributed by atoms with Crippen LogP contribution in [0.5, 0.6) is 0 Å². The predicted octanol–water partition coefficient (Wildman–Crippen LogP) is 1.13.